The Morgan fingerprint density at radius 3 is 2.65 bits per heavy atom. The minimum Gasteiger partial charge on any atom is -0.480 e. The smallest absolute Gasteiger partial charge is 0.149 e. The van der Waals surface area contributed by atoms with Crippen LogP contribution in [0.2, 0.25) is 0 Å². The summed E-state index contributed by atoms with van der Waals surface area (Å²) >= 11 is 0. The number of aliphatic hydroxyl groups is 1. The largest absolute Gasteiger partial charge is 0.480 e. The number of hydrogen-bond acceptors (Lipinski definition) is 2. The van der Waals surface area contributed by atoms with Gasteiger partial charge in [-0.2, -0.15) is 0 Å². The second-order valence-corrected chi connectivity index (χ2v) is 4.31. The number of hydrogen-bond donors (Lipinski definition) is 1. The minimum atomic E-state index is -0.715. The predicted octanol–water partition coefficient (Wildman–Crippen LogP) is 3.31. The predicted molar refractivity (Wildman–Crippen MR) is 75.8 cm³/mol. The highest BCUT2D eigenvalue weighted by atomic mass is 19.1. The Morgan fingerprint density at radius 1 is 1.20 bits per heavy atom. The van der Waals surface area contributed by atoms with Crippen LogP contribution in [0.15, 0.2) is 48.5 Å². The van der Waals surface area contributed by atoms with Gasteiger partial charge in [0.25, 0.3) is 0 Å². The molecule has 3 heteroatoms. The highest BCUT2D eigenvalue weighted by Crippen LogP contribution is 2.25. The maximum atomic E-state index is 13.2. The fraction of sp³-hybridized carbons (Fsp3) is 0.176. The van der Waals surface area contributed by atoms with Gasteiger partial charge in [-0.25, -0.2) is 4.39 Å². The van der Waals surface area contributed by atoms with Crippen molar-refractivity contribution < 1.29 is 14.2 Å². The minimum absolute atomic E-state index is 0.137. The third kappa shape index (κ3) is 3.84. The lowest BCUT2D eigenvalue weighted by atomic mass is 10.1. The number of halogens is 1. The van der Waals surface area contributed by atoms with Crippen molar-refractivity contribution in [3.63, 3.8) is 0 Å². The second kappa shape index (κ2) is 6.74. The first-order valence-corrected chi connectivity index (χ1v) is 6.31. The fourth-order valence-corrected chi connectivity index (χ4v) is 1.75. The maximum Gasteiger partial charge on any atom is 0.149 e. The molecular formula is C17H15FO2. The number of ether oxygens (including phenoxy) is 1. The van der Waals surface area contributed by atoms with E-state index in [1.165, 1.54) is 18.2 Å². The molecule has 2 aromatic carbocycles. The highest BCUT2D eigenvalue weighted by Gasteiger charge is 2.09. The lowest BCUT2D eigenvalue weighted by Gasteiger charge is -2.11. The van der Waals surface area contributed by atoms with Crippen LogP contribution in [0.5, 0.6) is 5.75 Å². The summed E-state index contributed by atoms with van der Waals surface area (Å²) in [6.45, 7) is 1.74. The van der Waals surface area contributed by atoms with Crippen LogP contribution >= 0.6 is 0 Å². The van der Waals surface area contributed by atoms with Gasteiger partial charge in [0.1, 0.15) is 18.2 Å². The van der Waals surface area contributed by atoms with E-state index in [2.05, 4.69) is 11.8 Å². The molecule has 0 saturated heterocycles. The Bertz CT molecular complexity index is 624. The molecular weight excluding hydrogens is 255 g/mol. The Morgan fingerprint density at radius 2 is 1.95 bits per heavy atom. The third-order valence-corrected chi connectivity index (χ3v) is 2.73. The molecule has 2 nitrogen and oxygen atoms in total. The third-order valence-electron chi connectivity index (χ3n) is 2.73. The van der Waals surface area contributed by atoms with Crippen LogP contribution in [-0.2, 0) is 0 Å². The van der Waals surface area contributed by atoms with Crippen molar-refractivity contribution in [1.29, 1.82) is 0 Å². The van der Waals surface area contributed by atoms with Gasteiger partial charge in [-0.15, -0.1) is 0 Å². The summed E-state index contributed by atoms with van der Waals surface area (Å²) < 4.78 is 18.6. The van der Waals surface area contributed by atoms with Crippen molar-refractivity contribution in [1.82, 2.24) is 0 Å². The quantitative estimate of drug-likeness (QED) is 0.867. The summed E-state index contributed by atoms with van der Waals surface area (Å²) in [6, 6.07) is 13.6. The summed E-state index contributed by atoms with van der Waals surface area (Å²) in [5.74, 6) is 5.73. The molecule has 0 aliphatic heterocycles. The number of aliphatic hydroxyl groups excluding tert-OH is 1. The highest BCUT2D eigenvalue weighted by molar-refractivity contribution is 5.37. The number of rotatable bonds is 3. The van der Waals surface area contributed by atoms with Crippen LogP contribution in [-0.4, -0.2) is 11.7 Å². The zero-order valence-electron chi connectivity index (χ0n) is 11.1. The Hall–Kier alpha value is -2.31. The standard InChI is InChI=1S/C17H15FO2/c1-13(19)16-10-9-15(18)12-17(16)20-11-5-8-14-6-3-2-4-7-14/h2-4,6-7,9-10,12-13,19H,11H2,1H3/t13-/m1/s1. The van der Waals surface area contributed by atoms with Crippen LogP contribution in [0.4, 0.5) is 4.39 Å². The van der Waals surface area contributed by atoms with Gasteiger partial charge < -0.3 is 9.84 Å². The van der Waals surface area contributed by atoms with Crippen molar-refractivity contribution in [2.45, 2.75) is 13.0 Å². The molecule has 0 bridgehead atoms. The van der Waals surface area contributed by atoms with Gasteiger partial charge in [0, 0.05) is 17.2 Å². The summed E-state index contributed by atoms with van der Waals surface area (Å²) in [4.78, 5) is 0. The first-order valence-electron chi connectivity index (χ1n) is 6.31. The lowest BCUT2D eigenvalue weighted by Crippen LogP contribution is -2.01. The Labute approximate surface area is 117 Å². The summed E-state index contributed by atoms with van der Waals surface area (Å²) in [5, 5.41) is 9.59. The van der Waals surface area contributed by atoms with Gasteiger partial charge in [-0.1, -0.05) is 30.0 Å². The molecule has 0 aliphatic rings. The molecule has 2 aromatic rings. The maximum absolute atomic E-state index is 13.2. The van der Waals surface area contributed by atoms with Crippen LogP contribution in [0, 0.1) is 17.7 Å². The first kappa shape index (κ1) is 14.1. The van der Waals surface area contributed by atoms with Crippen molar-refractivity contribution in [3.8, 4) is 17.6 Å². The molecule has 0 unspecified atom stereocenters. The molecule has 20 heavy (non-hydrogen) atoms. The van der Waals surface area contributed by atoms with E-state index in [1.54, 1.807) is 6.92 Å². The molecule has 102 valence electrons. The van der Waals surface area contributed by atoms with Crippen LogP contribution in [0.3, 0.4) is 0 Å². The van der Waals surface area contributed by atoms with Crippen LogP contribution < -0.4 is 4.74 Å². The van der Waals surface area contributed by atoms with Gasteiger partial charge in [0.05, 0.1) is 6.10 Å². The monoisotopic (exact) mass is 270 g/mol. The molecule has 0 saturated carbocycles. The van der Waals surface area contributed by atoms with E-state index >= 15 is 0 Å². The fourth-order valence-electron chi connectivity index (χ4n) is 1.75. The van der Waals surface area contributed by atoms with Gasteiger partial charge >= 0.3 is 0 Å². The molecule has 0 heterocycles. The number of benzene rings is 2. The van der Waals surface area contributed by atoms with Crippen LogP contribution in [0.1, 0.15) is 24.2 Å². The van der Waals surface area contributed by atoms with E-state index in [4.69, 9.17) is 4.74 Å². The normalized spacial score (nSPS) is 11.3. The Kier molecular flexibility index (Phi) is 4.75. The van der Waals surface area contributed by atoms with Crippen molar-refractivity contribution >= 4 is 0 Å². The molecule has 1 atom stereocenters. The summed E-state index contributed by atoms with van der Waals surface area (Å²) in [5.41, 5.74) is 1.44. The average Bonchev–Trinajstić information content (AvgIpc) is 2.44. The lowest BCUT2D eigenvalue weighted by molar-refractivity contribution is 0.193. The van der Waals surface area contributed by atoms with Gasteiger partial charge in [-0.3, -0.25) is 0 Å². The zero-order valence-corrected chi connectivity index (χ0v) is 11.1. The van der Waals surface area contributed by atoms with Crippen molar-refractivity contribution in [3.05, 3.63) is 65.5 Å². The zero-order chi connectivity index (χ0) is 14.4. The van der Waals surface area contributed by atoms with E-state index in [-0.39, 0.29) is 6.61 Å². The second-order valence-electron chi connectivity index (χ2n) is 4.31. The average molecular weight is 270 g/mol. The molecule has 0 aromatic heterocycles. The van der Waals surface area contributed by atoms with Crippen molar-refractivity contribution in [2.24, 2.45) is 0 Å². The van der Waals surface area contributed by atoms with Gasteiger partial charge in [-0.05, 0) is 31.2 Å². The SMILES string of the molecule is C[C@@H](O)c1ccc(F)cc1OCC#Cc1ccccc1. The molecule has 0 fully saturated rings. The van der Waals surface area contributed by atoms with E-state index in [9.17, 15) is 9.50 Å². The van der Waals surface area contributed by atoms with Crippen LogP contribution in [0.25, 0.3) is 0 Å². The first-order chi connectivity index (χ1) is 9.66. The van der Waals surface area contributed by atoms with E-state index in [0.29, 0.717) is 11.3 Å². The van der Waals surface area contributed by atoms with Gasteiger partial charge in [0.2, 0.25) is 0 Å². The van der Waals surface area contributed by atoms with E-state index in [0.717, 1.165) is 5.56 Å². The van der Waals surface area contributed by atoms with E-state index < -0.39 is 11.9 Å². The topological polar surface area (TPSA) is 29.5 Å². The molecule has 0 spiro atoms. The van der Waals surface area contributed by atoms with E-state index in [1.807, 2.05) is 30.3 Å². The molecule has 0 radical (unpaired) electrons. The Balaban J connectivity index is 2.05. The summed E-state index contributed by atoms with van der Waals surface area (Å²) in [6.07, 6.45) is -0.715. The van der Waals surface area contributed by atoms with Gasteiger partial charge in [0.15, 0.2) is 0 Å². The molecule has 0 amide bonds. The molecule has 1 N–H and O–H groups in total. The molecule has 0 aliphatic carbocycles. The van der Waals surface area contributed by atoms with Crippen molar-refractivity contribution in [2.75, 3.05) is 6.61 Å². The summed E-state index contributed by atoms with van der Waals surface area (Å²) in [7, 11) is 0. The molecule has 2 rings (SSSR count).